The third kappa shape index (κ3) is 7.06. The number of benzene rings is 2. The molecule has 8 nitrogen and oxygen atoms in total. The number of thiophene rings is 1. The van der Waals surface area contributed by atoms with E-state index in [-0.39, 0.29) is 40.0 Å². The number of aliphatic hydroxyl groups is 1. The van der Waals surface area contributed by atoms with Crippen molar-refractivity contribution in [1.29, 1.82) is 0 Å². The number of halogens is 2. The highest BCUT2D eigenvalue weighted by molar-refractivity contribution is 7.94. The first-order chi connectivity index (χ1) is 18.5. The Kier molecular flexibility index (Phi) is 9.46. The molecule has 0 spiro atoms. The number of aliphatic hydroxyl groups excluding tert-OH is 1. The van der Waals surface area contributed by atoms with Crippen molar-refractivity contribution in [3.63, 3.8) is 0 Å². The van der Waals surface area contributed by atoms with Crippen LogP contribution in [0.2, 0.25) is 10.0 Å². The quantitative estimate of drug-likeness (QED) is 0.345. The van der Waals surface area contributed by atoms with Gasteiger partial charge in [0.15, 0.2) is 0 Å². The molecular formula is C27H31Cl2N3O5S2. The molecule has 3 aromatic rings. The number of sulfonamides is 1. The lowest BCUT2D eigenvalue weighted by Crippen LogP contribution is -2.49. The number of carbonyl (C=O) groups is 1. The van der Waals surface area contributed by atoms with Crippen molar-refractivity contribution in [3.8, 4) is 5.75 Å². The molecule has 12 heteroatoms. The van der Waals surface area contributed by atoms with Gasteiger partial charge in [0, 0.05) is 31.2 Å². The molecule has 210 valence electrons. The van der Waals surface area contributed by atoms with Gasteiger partial charge in [-0.05, 0) is 61.3 Å². The molecule has 2 N–H and O–H groups in total. The third-order valence-electron chi connectivity index (χ3n) is 6.61. The van der Waals surface area contributed by atoms with Crippen LogP contribution in [0, 0.1) is 5.92 Å². The summed E-state index contributed by atoms with van der Waals surface area (Å²) in [7, 11) is -1.83. The number of anilines is 1. The summed E-state index contributed by atoms with van der Waals surface area (Å²) in [6, 6.07) is 12.9. The number of likely N-dealkylation sites (N-methyl/N-ethyl adjacent to an activating group) is 1. The van der Waals surface area contributed by atoms with Crippen molar-refractivity contribution in [2.75, 3.05) is 31.5 Å². The molecule has 0 radical (unpaired) electrons. The van der Waals surface area contributed by atoms with Crippen LogP contribution >= 0.6 is 34.5 Å². The molecule has 1 aliphatic heterocycles. The van der Waals surface area contributed by atoms with Crippen molar-refractivity contribution < 1.29 is 23.1 Å². The monoisotopic (exact) mass is 611 g/mol. The summed E-state index contributed by atoms with van der Waals surface area (Å²) in [5.74, 6) is -0.0451. The number of rotatable bonds is 9. The van der Waals surface area contributed by atoms with Crippen LogP contribution in [0.5, 0.6) is 5.75 Å². The van der Waals surface area contributed by atoms with Crippen LogP contribution in [0.15, 0.2) is 58.1 Å². The highest BCUT2D eigenvalue weighted by Gasteiger charge is 2.33. The van der Waals surface area contributed by atoms with E-state index in [1.54, 1.807) is 41.5 Å². The lowest BCUT2D eigenvalue weighted by Gasteiger charge is -2.38. The topological polar surface area (TPSA) is 99.2 Å². The van der Waals surface area contributed by atoms with Gasteiger partial charge in [0.05, 0.1) is 28.3 Å². The van der Waals surface area contributed by atoms with Crippen LogP contribution in [-0.4, -0.2) is 68.1 Å². The molecule has 1 aromatic heterocycles. The van der Waals surface area contributed by atoms with Gasteiger partial charge in [0.1, 0.15) is 16.1 Å². The largest absolute Gasteiger partial charge is 0.488 e. The van der Waals surface area contributed by atoms with Crippen LogP contribution in [-0.2, 0) is 16.6 Å². The number of amides is 1. The second-order valence-corrected chi connectivity index (χ2v) is 13.5. The van der Waals surface area contributed by atoms with Gasteiger partial charge in [-0.3, -0.25) is 14.4 Å². The average Bonchev–Trinajstić information content (AvgIpc) is 3.44. The average molecular weight is 613 g/mol. The standard InChI is InChI=1S/C27H31Cl2N3O5S2/c1-17-13-32(18(2)16-33)27(34)21-12-20(30-39(35,36)26-5-4-10-38-26)7-9-24(21)37-25(17)15-31(3)14-19-6-8-22(28)23(29)11-19/h4-12,17-18,25,30,33H,13-16H2,1-3H3/t17-,18+,25+/m0/s1. The Morgan fingerprint density at radius 2 is 1.97 bits per heavy atom. The van der Waals surface area contributed by atoms with Crippen molar-refractivity contribution >= 4 is 56.2 Å². The Bertz CT molecular complexity index is 1420. The zero-order chi connectivity index (χ0) is 28.3. The lowest BCUT2D eigenvalue weighted by atomic mass is 9.99. The summed E-state index contributed by atoms with van der Waals surface area (Å²) < 4.78 is 34.7. The van der Waals surface area contributed by atoms with Gasteiger partial charge in [-0.2, -0.15) is 0 Å². The van der Waals surface area contributed by atoms with E-state index in [4.69, 9.17) is 27.9 Å². The van der Waals surface area contributed by atoms with E-state index < -0.39 is 16.1 Å². The Hall–Kier alpha value is -2.34. The molecule has 0 unspecified atom stereocenters. The van der Waals surface area contributed by atoms with Crippen LogP contribution in [0.1, 0.15) is 29.8 Å². The van der Waals surface area contributed by atoms with Gasteiger partial charge in [-0.1, -0.05) is 42.3 Å². The Morgan fingerprint density at radius 3 is 2.64 bits per heavy atom. The predicted octanol–water partition coefficient (Wildman–Crippen LogP) is 5.21. The smallest absolute Gasteiger partial charge is 0.271 e. The molecule has 4 rings (SSSR count). The van der Waals surface area contributed by atoms with Gasteiger partial charge in [-0.15, -0.1) is 11.3 Å². The SMILES string of the molecule is C[C@H](CO)N1C[C@H](C)[C@@H](CN(C)Cc2ccc(Cl)c(Cl)c2)Oc2ccc(NS(=O)(=O)c3cccs3)cc2C1=O. The van der Waals surface area contributed by atoms with Gasteiger partial charge in [0.25, 0.3) is 15.9 Å². The summed E-state index contributed by atoms with van der Waals surface area (Å²) in [6.07, 6.45) is -0.299. The van der Waals surface area contributed by atoms with Gasteiger partial charge >= 0.3 is 0 Å². The highest BCUT2D eigenvalue weighted by Crippen LogP contribution is 2.32. The first-order valence-corrected chi connectivity index (χ1v) is 15.5. The molecular weight excluding hydrogens is 581 g/mol. The van der Waals surface area contributed by atoms with Crippen LogP contribution in [0.4, 0.5) is 5.69 Å². The van der Waals surface area contributed by atoms with Crippen LogP contribution in [0.25, 0.3) is 0 Å². The molecule has 3 atom stereocenters. The van der Waals surface area contributed by atoms with Gasteiger partial charge in [-0.25, -0.2) is 8.42 Å². The van der Waals surface area contributed by atoms with E-state index in [0.29, 0.717) is 35.4 Å². The predicted molar refractivity (Wildman–Crippen MR) is 156 cm³/mol. The Morgan fingerprint density at radius 1 is 1.21 bits per heavy atom. The van der Waals surface area contributed by atoms with E-state index in [1.807, 2.05) is 26.1 Å². The fourth-order valence-electron chi connectivity index (χ4n) is 4.45. The zero-order valence-electron chi connectivity index (χ0n) is 21.8. The lowest BCUT2D eigenvalue weighted by molar-refractivity contribution is 0.0341. The number of fused-ring (bicyclic) bond motifs is 1. The minimum absolute atomic E-state index is 0.0654. The number of hydrogen-bond acceptors (Lipinski definition) is 7. The number of nitrogens with zero attached hydrogens (tertiary/aromatic N) is 2. The minimum Gasteiger partial charge on any atom is -0.488 e. The summed E-state index contributed by atoms with van der Waals surface area (Å²) in [4.78, 5) is 17.4. The zero-order valence-corrected chi connectivity index (χ0v) is 24.9. The first-order valence-electron chi connectivity index (χ1n) is 12.4. The minimum atomic E-state index is -3.80. The van der Waals surface area contributed by atoms with E-state index >= 15 is 0 Å². The molecule has 0 fully saturated rings. The molecule has 0 saturated heterocycles. The second kappa shape index (κ2) is 12.4. The van der Waals surface area contributed by atoms with E-state index in [9.17, 15) is 18.3 Å². The maximum Gasteiger partial charge on any atom is 0.271 e. The molecule has 0 saturated carbocycles. The number of carbonyl (C=O) groups excluding carboxylic acids is 1. The Balaban J connectivity index is 1.62. The summed E-state index contributed by atoms with van der Waals surface area (Å²) >= 11 is 13.3. The molecule has 0 bridgehead atoms. The number of nitrogens with one attached hydrogen (secondary N) is 1. The maximum atomic E-state index is 13.6. The summed E-state index contributed by atoms with van der Waals surface area (Å²) in [5, 5.41) is 12.6. The Labute approximate surface area is 243 Å². The first kappa shape index (κ1) is 29.6. The van der Waals surface area contributed by atoms with Crippen LogP contribution < -0.4 is 9.46 Å². The van der Waals surface area contributed by atoms with E-state index in [0.717, 1.165) is 16.9 Å². The van der Waals surface area contributed by atoms with E-state index in [1.165, 1.54) is 12.1 Å². The second-order valence-electron chi connectivity index (χ2n) is 9.82. The third-order valence-corrected chi connectivity index (χ3v) is 10.1. The summed E-state index contributed by atoms with van der Waals surface area (Å²) in [5.41, 5.74) is 1.47. The molecule has 2 aromatic carbocycles. The van der Waals surface area contributed by atoms with Crippen molar-refractivity contribution in [2.24, 2.45) is 5.92 Å². The van der Waals surface area contributed by atoms with Gasteiger partial charge < -0.3 is 14.7 Å². The van der Waals surface area contributed by atoms with E-state index in [2.05, 4.69) is 9.62 Å². The molecule has 1 aliphatic rings. The van der Waals surface area contributed by atoms with Crippen molar-refractivity contribution in [2.45, 2.75) is 36.7 Å². The molecule has 0 aliphatic carbocycles. The number of ether oxygens (including phenoxy) is 1. The fraction of sp³-hybridized carbons (Fsp3) is 0.370. The number of hydrogen-bond donors (Lipinski definition) is 2. The molecule has 2 heterocycles. The van der Waals surface area contributed by atoms with Crippen molar-refractivity contribution in [3.05, 3.63) is 75.1 Å². The maximum absolute atomic E-state index is 13.6. The molecule has 1 amide bonds. The molecule has 39 heavy (non-hydrogen) atoms. The summed E-state index contributed by atoms with van der Waals surface area (Å²) in [6.45, 7) is 5.09. The van der Waals surface area contributed by atoms with Gasteiger partial charge in [0.2, 0.25) is 0 Å². The normalized spacial score (nSPS) is 18.7. The van der Waals surface area contributed by atoms with Crippen molar-refractivity contribution in [1.82, 2.24) is 9.80 Å². The van der Waals surface area contributed by atoms with Crippen LogP contribution in [0.3, 0.4) is 0 Å². The highest BCUT2D eigenvalue weighted by atomic mass is 35.5. The fourth-order valence-corrected chi connectivity index (χ4v) is 6.81.